The topological polar surface area (TPSA) is 110 Å². The summed E-state index contributed by atoms with van der Waals surface area (Å²) < 4.78 is 81.9. The van der Waals surface area contributed by atoms with Gasteiger partial charge in [0.2, 0.25) is 0 Å². The zero-order valence-corrected chi connectivity index (χ0v) is 20.8. The maximum absolute atomic E-state index is 13.7. The highest BCUT2D eigenvalue weighted by Gasteiger charge is 2.29. The molecule has 38 heavy (non-hydrogen) atoms. The van der Waals surface area contributed by atoms with E-state index < -0.39 is 57.7 Å². The van der Waals surface area contributed by atoms with E-state index >= 15 is 0 Å². The van der Waals surface area contributed by atoms with Crippen molar-refractivity contribution in [3.05, 3.63) is 97.2 Å². The molecule has 2 aromatic carbocycles. The van der Waals surface area contributed by atoms with Gasteiger partial charge in [-0.1, -0.05) is 36.3 Å². The predicted octanol–water partition coefficient (Wildman–Crippen LogP) is 4.33. The number of furan rings is 1. The SMILES string of the molecule is [2H]c1c([2H])c([2H])c(C(=O)N([2H])C2CCN(c3ncnc4c3c(-c3ccoc3)cn4S(=O)(=O)c3ccccc3)CC2)c([2H])c1[2H]. The maximum Gasteiger partial charge on any atom is 0.269 e. The summed E-state index contributed by atoms with van der Waals surface area (Å²) in [5.41, 5.74) is 0.807. The molecule has 1 aliphatic rings. The fraction of sp³-hybridized carbons (Fsp3) is 0.179. The third-order valence-electron chi connectivity index (χ3n) is 6.44. The van der Waals surface area contributed by atoms with Gasteiger partial charge in [-0.3, -0.25) is 4.79 Å². The number of nitrogens with zero attached hydrogens (tertiary/aromatic N) is 4. The number of anilines is 1. The van der Waals surface area contributed by atoms with Crippen LogP contribution in [0.3, 0.4) is 0 Å². The average Bonchev–Trinajstić information content (AvgIpc) is 3.72. The molecule has 0 saturated carbocycles. The van der Waals surface area contributed by atoms with E-state index in [0.29, 0.717) is 53.6 Å². The van der Waals surface area contributed by atoms with E-state index in [1.807, 2.05) is 4.90 Å². The Morgan fingerprint density at radius 3 is 2.55 bits per heavy atom. The van der Waals surface area contributed by atoms with Crippen LogP contribution in [0.15, 0.2) is 101 Å². The number of nitrogens with one attached hydrogen (secondary N) is 1. The van der Waals surface area contributed by atoms with E-state index in [1.165, 1.54) is 37.2 Å². The number of aromatic nitrogens is 3. The minimum Gasteiger partial charge on any atom is -0.472 e. The summed E-state index contributed by atoms with van der Waals surface area (Å²) in [6.45, 7) is 0.669. The fourth-order valence-electron chi connectivity index (χ4n) is 4.58. The number of benzene rings is 2. The monoisotopic (exact) mass is 533 g/mol. The van der Waals surface area contributed by atoms with Crippen LogP contribution < -0.4 is 10.2 Å². The van der Waals surface area contributed by atoms with Crippen molar-refractivity contribution >= 4 is 32.8 Å². The minimum atomic E-state index is -4.02. The van der Waals surface area contributed by atoms with Crippen LogP contribution in [0.1, 0.15) is 30.1 Å². The van der Waals surface area contributed by atoms with Gasteiger partial charge >= 0.3 is 0 Å². The van der Waals surface area contributed by atoms with Crippen LogP contribution in [0.5, 0.6) is 0 Å². The van der Waals surface area contributed by atoms with Gasteiger partial charge in [-0.2, -0.15) is 0 Å². The molecule has 0 bridgehead atoms. The van der Waals surface area contributed by atoms with Crippen LogP contribution in [0.2, 0.25) is 1.41 Å². The lowest BCUT2D eigenvalue weighted by Crippen LogP contribution is -2.45. The van der Waals surface area contributed by atoms with Crippen LogP contribution in [0.25, 0.3) is 22.2 Å². The molecule has 192 valence electrons. The molecule has 1 fully saturated rings. The molecule has 3 aromatic heterocycles. The third kappa shape index (κ3) is 4.32. The molecule has 0 radical (unpaired) electrons. The first-order valence-corrected chi connectivity index (χ1v) is 13.3. The highest BCUT2D eigenvalue weighted by molar-refractivity contribution is 7.90. The summed E-state index contributed by atoms with van der Waals surface area (Å²) in [5.74, 6) is -0.504. The Morgan fingerprint density at radius 2 is 1.84 bits per heavy atom. The summed E-state index contributed by atoms with van der Waals surface area (Å²) in [4.78, 5) is 24.1. The van der Waals surface area contributed by atoms with Crippen LogP contribution in [-0.2, 0) is 10.0 Å². The Labute approximate surface area is 228 Å². The van der Waals surface area contributed by atoms with Crippen molar-refractivity contribution in [2.45, 2.75) is 23.8 Å². The number of hydrogen-bond donors (Lipinski definition) is 1. The zero-order chi connectivity index (χ0) is 31.3. The lowest BCUT2D eigenvalue weighted by Gasteiger charge is -2.33. The quantitative estimate of drug-likeness (QED) is 0.346. The number of fused-ring (bicyclic) bond motifs is 1. The number of carbonyl (C=O) groups is 1. The van der Waals surface area contributed by atoms with Gasteiger partial charge in [-0.15, -0.1) is 0 Å². The molecule has 4 heterocycles. The highest BCUT2D eigenvalue weighted by Crippen LogP contribution is 2.37. The smallest absolute Gasteiger partial charge is 0.269 e. The number of hydrogen-bond acceptors (Lipinski definition) is 7. The molecule has 5 aromatic rings. The van der Waals surface area contributed by atoms with Crippen LogP contribution >= 0.6 is 0 Å². The number of rotatable bonds is 6. The molecule has 9 nitrogen and oxygen atoms in total. The van der Waals surface area contributed by atoms with Gasteiger partial charge in [0.1, 0.15) is 12.1 Å². The van der Waals surface area contributed by atoms with E-state index in [9.17, 15) is 13.2 Å². The first-order valence-electron chi connectivity index (χ1n) is 14.8. The van der Waals surface area contributed by atoms with Crippen LogP contribution in [-0.4, -0.2) is 47.4 Å². The van der Waals surface area contributed by atoms with Crippen LogP contribution in [0.4, 0.5) is 5.82 Å². The van der Waals surface area contributed by atoms with E-state index in [2.05, 4.69) is 9.97 Å². The fourth-order valence-corrected chi connectivity index (χ4v) is 5.92. The van der Waals surface area contributed by atoms with Gasteiger partial charge in [-0.25, -0.2) is 22.4 Å². The second-order valence-corrected chi connectivity index (χ2v) is 10.5. The van der Waals surface area contributed by atoms with E-state index in [-0.39, 0.29) is 10.5 Å². The van der Waals surface area contributed by atoms with Gasteiger partial charge < -0.3 is 14.6 Å². The Morgan fingerprint density at radius 1 is 1.08 bits per heavy atom. The van der Waals surface area contributed by atoms with Gasteiger partial charge in [-0.05, 0) is 43.1 Å². The molecule has 0 atom stereocenters. The molecule has 6 rings (SSSR count). The molecule has 1 aliphatic heterocycles. The molecular weight excluding hydrogens is 502 g/mol. The van der Waals surface area contributed by atoms with Crippen molar-refractivity contribution in [3.63, 3.8) is 0 Å². The van der Waals surface area contributed by atoms with E-state index in [1.54, 1.807) is 24.3 Å². The third-order valence-corrected chi connectivity index (χ3v) is 8.11. The average molecular weight is 534 g/mol. The van der Waals surface area contributed by atoms with Gasteiger partial charge in [0.15, 0.2) is 7.06 Å². The van der Waals surface area contributed by atoms with Gasteiger partial charge in [0.25, 0.3) is 15.9 Å². The summed E-state index contributed by atoms with van der Waals surface area (Å²) >= 11 is 0. The molecule has 1 amide bonds. The van der Waals surface area contributed by atoms with Crippen molar-refractivity contribution in [1.29, 1.82) is 0 Å². The second-order valence-electron chi connectivity index (χ2n) is 8.72. The van der Waals surface area contributed by atoms with Crippen molar-refractivity contribution in [2.75, 3.05) is 18.0 Å². The minimum absolute atomic E-state index is 0.0935. The second kappa shape index (κ2) is 9.79. The summed E-state index contributed by atoms with van der Waals surface area (Å²) in [6.07, 6.45) is 6.38. The Balaban J connectivity index is 1.33. The molecule has 1 saturated heterocycles. The summed E-state index contributed by atoms with van der Waals surface area (Å²) in [7, 11) is -4.02. The normalized spacial score (nSPS) is 16.8. The van der Waals surface area contributed by atoms with Crippen molar-refractivity contribution in [3.8, 4) is 11.1 Å². The standard InChI is InChI=1S/C28H25N5O4S/c34-28(20-7-3-1-4-8-20)31-22-11-14-32(15-12-22)26-25-24(21-13-16-37-18-21)17-33(27(25)30-19-29-26)38(35,36)23-9-5-2-6-10-23/h1-10,13,16-19,22H,11-12,14-15H2,(H,31,34)/i1D,3D,4D,7D,8D/hD. The number of amides is 1. The Bertz CT molecular complexity index is 1970. The first kappa shape index (κ1) is 17.9. The maximum atomic E-state index is 13.7. The number of carbonyl (C=O) groups excluding carboxylic acids is 1. The van der Waals surface area contributed by atoms with Crippen molar-refractivity contribution in [1.82, 2.24) is 19.3 Å². The summed E-state index contributed by atoms with van der Waals surface area (Å²) in [6, 6.07) is 5.91. The molecule has 0 spiro atoms. The van der Waals surface area contributed by atoms with Gasteiger partial charge in [0, 0.05) is 42.0 Å². The molecular formula is C28H25N5O4S. The van der Waals surface area contributed by atoms with E-state index in [0.717, 1.165) is 3.97 Å². The first-order chi connectivity index (χ1) is 21.0. The highest BCUT2D eigenvalue weighted by atomic mass is 32.2. The van der Waals surface area contributed by atoms with Gasteiger partial charge in [0.05, 0.1) is 29.7 Å². The Hall–Kier alpha value is -4.44. The van der Waals surface area contributed by atoms with Crippen LogP contribution in [0, 0.1) is 0 Å². The van der Waals surface area contributed by atoms with E-state index in [4.69, 9.17) is 12.7 Å². The predicted molar refractivity (Wildman–Crippen MR) is 143 cm³/mol. The van der Waals surface area contributed by atoms with Crippen molar-refractivity contribution in [2.24, 2.45) is 0 Å². The molecule has 0 unspecified atom stereocenters. The largest absolute Gasteiger partial charge is 0.472 e. The molecule has 10 heteroatoms. The Kier molecular flexibility index (Phi) is 4.62. The number of piperidine rings is 1. The zero-order valence-electron chi connectivity index (χ0n) is 26.0. The lowest BCUT2D eigenvalue weighted by atomic mass is 10.0. The van der Waals surface area contributed by atoms with Crippen molar-refractivity contribution < 1.29 is 25.9 Å². The molecule has 0 aliphatic carbocycles. The molecule has 1 N–H and O–H groups in total. The summed E-state index contributed by atoms with van der Waals surface area (Å²) in [5, 5.41) is 1.17. The lowest BCUT2D eigenvalue weighted by molar-refractivity contribution is 0.0931.